The number of rotatable bonds is 1. The first kappa shape index (κ1) is 12.1. The van der Waals surface area contributed by atoms with Crippen molar-refractivity contribution >= 4 is 17.6 Å². The maximum absolute atomic E-state index is 11.8. The monoisotopic (exact) mass is 253 g/mol. The fraction of sp³-hybridized carbons (Fsp3) is 0.400. The van der Waals surface area contributed by atoms with Crippen LogP contribution in [0.3, 0.4) is 0 Å². The van der Waals surface area contributed by atoms with Crippen LogP contribution in [0.4, 0.5) is 5.82 Å². The number of carbonyl (C=O) groups excluding carboxylic acids is 1. The molecule has 8 nitrogen and oxygen atoms in total. The number of hydrogen-bond donors (Lipinski definition) is 2. The summed E-state index contributed by atoms with van der Waals surface area (Å²) in [4.78, 5) is 46.2. The van der Waals surface area contributed by atoms with Crippen molar-refractivity contribution in [2.45, 2.75) is 12.5 Å². The highest BCUT2D eigenvalue weighted by molar-refractivity contribution is 6.05. The van der Waals surface area contributed by atoms with Crippen LogP contribution < -0.4 is 16.6 Å². The van der Waals surface area contributed by atoms with Crippen molar-refractivity contribution in [1.82, 2.24) is 9.13 Å². The van der Waals surface area contributed by atoms with Crippen molar-refractivity contribution in [3.8, 4) is 0 Å². The molecule has 0 unspecified atom stereocenters. The van der Waals surface area contributed by atoms with E-state index in [0.29, 0.717) is 0 Å². The normalized spacial score (nSPS) is 18.1. The van der Waals surface area contributed by atoms with E-state index in [0.717, 1.165) is 9.13 Å². The van der Waals surface area contributed by atoms with Gasteiger partial charge in [-0.1, -0.05) is 0 Å². The molecule has 0 spiro atoms. The number of hydrogen-bond acceptors (Lipinski definition) is 5. The first-order chi connectivity index (χ1) is 8.34. The van der Waals surface area contributed by atoms with E-state index in [1.807, 2.05) is 0 Å². The van der Waals surface area contributed by atoms with Gasteiger partial charge in [-0.05, 0) is 0 Å². The molecule has 0 radical (unpaired) electrons. The number of aliphatic carboxylic acids is 1. The van der Waals surface area contributed by atoms with Crippen molar-refractivity contribution in [3.63, 3.8) is 0 Å². The predicted molar refractivity (Wildman–Crippen MR) is 60.9 cm³/mol. The van der Waals surface area contributed by atoms with Gasteiger partial charge in [-0.25, -0.2) is 9.59 Å². The van der Waals surface area contributed by atoms with Gasteiger partial charge in [0, 0.05) is 20.5 Å². The van der Waals surface area contributed by atoms with Gasteiger partial charge in [0.15, 0.2) is 5.78 Å². The third-order valence-corrected chi connectivity index (χ3v) is 2.94. The van der Waals surface area contributed by atoms with E-state index < -0.39 is 29.0 Å². The molecular formula is C10H11N3O5. The zero-order valence-electron chi connectivity index (χ0n) is 9.76. The Bertz CT molecular complexity index is 669. The number of anilines is 1. The molecule has 0 aromatic carbocycles. The molecule has 2 rings (SSSR count). The largest absolute Gasteiger partial charge is 0.480 e. The number of nitrogens with zero attached hydrogens (tertiary/aromatic N) is 2. The average molecular weight is 253 g/mol. The fourth-order valence-corrected chi connectivity index (χ4v) is 1.92. The second kappa shape index (κ2) is 3.83. The highest BCUT2D eigenvalue weighted by atomic mass is 16.4. The van der Waals surface area contributed by atoms with E-state index in [4.69, 9.17) is 5.11 Å². The lowest BCUT2D eigenvalue weighted by molar-refractivity contribution is -0.137. The van der Waals surface area contributed by atoms with Crippen molar-refractivity contribution in [3.05, 3.63) is 26.4 Å². The predicted octanol–water partition coefficient (Wildman–Crippen LogP) is -1.46. The molecule has 96 valence electrons. The molecule has 2 N–H and O–H groups in total. The Hall–Kier alpha value is -2.38. The molecule has 1 aromatic rings. The minimum Gasteiger partial charge on any atom is -0.480 e. The van der Waals surface area contributed by atoms with Crippen LogP contribution in [0.15, 0.2) is 9.59 Å². The molecule has 1 atom stereocenters. The van der Waals surface area contributed by atoms with Crippen LogP contribution in [-0.2, 0) is 18.9 Å². The molecule has 8 heteroatoms. The lowest BCUT2D eigenvalue weighted by atomic mass is 10.0. The Kier molecular flexibility index (Phi) is 2.57. The van der Waals surface area contributed by atoms with Crippen LogP contribution in [0.2, 0.25) is 0 Å². The molecule has 0 saturated heterocycles. The summed E-state index contributed by atoms with van der Waals surface area (Å²) in [5.41, 5.74) is -1.50. The highest BCUT2D eigenvalue weighted by Crippen LogP contribution is 2.20. The lowest BCUT2D eigenvalue weighted by Gasteiger charge is -2.24. The smallest absolute Gasteiger partial charge is 0.332 e. The van der Waals surface area contributed by atoms with Crippen LogP contribution in [0.5, 0.6) is 0 Å². The molecule has 1 aliphatic rings. The Morgan fingerprint density at radius 3 is 2.44 bits per heavy atom. The molecule has 0 fully saturated rings. The van der Waals surface area contributed by atoms with Gasteiger partial charge in [-0.3, -0.25) is 18.7 Å². The van der Waals surface area contributed by atoms with Gasteiger partial charge in [-0.15, -0.1) is 0 Å². The maximum atomic E-state index is 11.8. The second-order valence-electron chi connectivity index (χ2n) is 4.09. The van der Waals surface area contributed by atoms with Crippen molar-refractivity contribution < 1.29 is 14.7 Å². The fourth-order valence-electron chi connectivity index (χ4n) is 1.92. The third kappa shape index (κ3) is 1.53. The average Bonchev–Trinajstić information content (AvgIpc) is 2.32. The number of fused-ring (bicyclic) bond motifs is 1. The Morgan fingerprint density at radius 1 is 1.28 bits per heavy atom. The van der Waals surface area contributed by atoms with Crippen LogP contribution in [-0.4, -0.2) is 32.0 Å². The Morgan fingerprint density at radius 2 is 1.89 bits per heavy atom. The van der Waals surface area contributed by atoms with E-state index in [2.05, 4.69) is 5.32 Å². The van der Waals surface area contributed by atoms with E-state index >= 15 is 0 Å². The topological polar surface area (TPSA) is 110 Å². The molecule has 0 saturated carbocycles. The van der Waals surface area contributed by atoms with E-state index in [9.17, 15) is 19.2 Å². The van der Waals surface area contributed by atoms with E-state index in [1.54, 1.807) is 0 Å². The van der Waals surface area contributed by atoms with Crippen LogP contribution in [0.25, 0.3) is 0 Å². The number of carbonyl (C=O) groups is 2. The highest BCUT2D eigenvalue weighted by Gasteiger charge is 2.33. The van der Waals surface area contributed by atoms with Crippen LogP contribution in [0.1, 0.15) is 16.8 Å². The van der Waals surface area contributed by atoms with Gasteiger partial charge >= 0.3 is 11.7 Å². The zero-order chi connectivity index (χ0) is 13.6. The summed E-state index contributed by atoms with van der Waals surface area (Å²) in [6, 6.07) is -1.12. The lowest BCUT2D eigenvalue weighted by Crippen LogP contribution is -2.47. The molecule has 1 aliphatic heterocycles. The SMILES string of the molecule is Cn1c2c(c(=O)n(C)c1=O)C(=O)C[C@H](C(=O)O)N2. The summed E-state index contributed by atoms with van der Waals surface area (Å²) in [5.74, 6) is -1.82. The van der Waals surface area contributed by atoms with Crippen LogP contribution >= 0.6 is 0 Å². The maximum Gasteiger partial charge on any atom is 0.332 e. The first-order valence-corrected chi connectivity index (χ1v) is 5.17. The number of aromatic nitrogens is 2. The molecule has 0 amide bonds. The quantitative estimate of drug-likeness (QED) is 0.632. The summed E-state index contributed by atoms with van der Waals surface area (Å²) in [6.07, 6.45) is -0.310. The summed E-state index contributed by atoms with van der Waals surface area (Å²) >= 11 is 0. The van der Waals surface area contributed by atoms with Gasteiger partial charge in [0.25, 0.3) is 5.56 Å². The van der Waals surface area contributed by atoms with Gasteiger partial charge in [-0.2, -0.15) is 0 Å². The minimum absolute atomic E-state index is 0.0354. The van der Waals surface area contributed by atoms with E-state index in [-0.39, 0.29) is 17.8 Å². The zero-order valence-corrected chi connectivity index (χ0v) is 9.76. The van der Waals surface area contributed by atoms with Gasteiger partial charge in [0.1, 0.15) is 17.4 Å². The Labute approximate surface area is 100 Å². The summed E-state index contributed by atoms with van der Waals surface area (Å²) in [6.45, 7) is 0. The number of carboxylic acids is 1. The second-order valence-corrected chi connectivity index (χ2v) is 4.09. The first-order valence-electron chi connectivity index (χ1n) is 5.17. The van der Waals surface area contributed by atoms with Crippen molar-refractivity contribution in [1.29, 1.82) is 0 Å². The summed E-state index contributed by atoms with van der Waals surface area (Å²) < 4.78 is 1.88. The molecule has 0 aliphatic carbocycles. The number of nitrogens with one attached hydrogen (secondary N) is 1. The van der Waals surface area contributed by atoms with Crippen molar-refractivity contribution in [2.75, 3.05) is 5.32 Å². The summed E-state index contributed by atoms with van der Waals surface area (Å²) in [7, 11) is 2.63. The molecule has 18 heavy (non-hydrogen) atoms. The number of Topliss-reactive ketones (excluding diaryl/α,β-unsaturated/α-hetero) is 1. The number of ketones is 1. The van der Waals surface area contributed by atoms with Gasteiger partial charge in [0.2, 0.25) is 0 Å². The molecule has 0 bridgehead atoms. The molecular weight excluding hydrogens is 242 g/mol. The van der Waals surface area contributed by atoms with Crippen LogP contribution in [0, 0.1) is 0 Å². The standard InChI is InChI=1S/C10H11N3O5/c1-12-7-6(8(15)13(2)10(12)18)5(14)3-4(11-7)9(16)17/h4,11H,3H2,1-2H3,(H,16,17)/t4-/m1/s1. The van der Waals surface area contributed by atoms with Gasteiger partial charge < -0.3 is 10.4 Å². The van der Waals surface area contributed by atoms with Crippen molar-refractivity contribution in [2.24, 2.45) is 14.1 Å². The number of carboxylic acid groups (broad SMARTS) is 1. The minimum atomic E-state index is -1.21. The Balaban J connectivity index is 2.76. The molecule has 1 aromatic heterocycles. The third-order valence-electron chi connectivity index (χ3n) is 2.94. The van der Waals surface area contributed by atoms with Gasteiger partial charge in [0.05, 0.1) is 0 Å². The molecule has 2 heterocycles. The summed E-state index contributed by atoms with van der Waals surface area (Å²) in [5, 5.41) is 11.4. The van der Waals surface area contributed by atoms with E-state index in [1.165, 1.54) is 14.1 Å².